The van der Waals surface area contributed by atoms with Crippen LogP contribution in [0, 0.1) is 5.41 Å². The molecule has 0 atom stereocenters. The first kappa shape index (κ1) is 15.8. The summed E-state index contributed by atoms with van der Waals surface area (Å²) in [6, 6.07) is 5.33. The fourth-order valence-electron chi connectivity index (χ4n) is 1.95. The molecule has 1 aromatic rings. The van der Waals surface area contributed by atoms with E-state index in [1.807, 2.05) is 6.07 Å². The van der Waals surface area contributed by atoms with Gasteiger partial charge >= 0.3 is 0 Å². The molecule has 0 bridgehead atoms. The molecule has 106 valence electrons. The Morgan fingerprint density at radius 2 is 1.89 bits per heavy atom. The number of benzene rings is 1. The molecule has 0 aliphatic heterocycles. The first-order valence-corrected chi connectivity index (χ1v) is 7.30. The highest BCUT2D eigenvalue weighted by Crippen LogP contribution is 2.26. The van der Waals surface area contributed by atoms with Gasteiger partial charge in [0, 0.05) is 0 Å². The number of nitrogen functional groups attached to an aromatic ring is 1. The summed E-state index contributed by atoms with van der Waals surface area (Å²) >= 11 is 6.02. The van der Waals surface area contributed by atoms with Crippen LogP contribution < -0.4 is 10.5 Å². The van der Waals surface area contributed by atoms with E-state index in [9.17, 15) is 0 Å². The number of amidine groups is 1. The second-order valence-corrected chi connectivity index (χ2v) is 5.05. The zero-order chi connectivity index (χ0) is 14.1. The maximum Gasteiger partial charge on any atom is 0.131 e. The molecule has 0 amide bonds. The fraction of sp³-hybridized carbons (Fsp3) is 0.533. The monoisotopic (exact) mass is 282 g/mol. The van der Waals surface area contributed by atoms with Crippen molar-refractivity contribution in [1.82, 2.24) is 0 Å². The fourth-order valence-corrected chi connectivity index (χ4v) is 2.22. The highest BCUT2D eigenvalue weighted by molar-refractivity contribution is 6.34. The zero-order valence-electron chi connectivity index (χ0n) is 11.5. The number of ether oxygens (including phenoxy) is 1. The van der Waals surface area contributed by atoms with Gasteiger partial charge in [0.05, 0.1) is 17.2 Å². The van der Waals surface area contributed by atoms with E-state index in [0.29, 0.717) is 22.9 Å². The molecule has 0 fully saturated rings. The van der Waals surface area contributed by atoms with E-state index < -0.39 is 0 Å². The third-order valence-corrected chi connectivity index (χ3v) is 3.32. The van der Waals surface area contributed by atoms with E-state index in [1.54, 1.807) is 12.1 Å². The van der Waals surface area contributed by atoms with Gasteiger partial charge in [0.2, 0.25) is 0 Å². The molecule has 0 saturated heterocycles. The molecule has 4 heteroatoms. The Morgan fingerprint density at radius 1 is 1.21 bits per heavy atom. The number of nitrogens with two attached hydrogens (primary N) is 1. The maximum absolute atomic E-state index is 7.52. The van der Waals surface area contributed by atoms with Gasteiger partial charge in [-0.3, -0.25) is 5.41 Å². The summed E-state index contributed by atoms with van der Waals surface area (Å²) in [5.74, 6) is 0.553. The minimum absolute atomic E-state index is 0.0523. The summed E-state index contributed by atoms with van der Waals surface area (Å²) in [7, 11) is 0. The van der Waals surface area contributed by atoms with Crippen LogP contribution in [0.15, 0.2) is 18.2 Å². The highest BCUT2D eigenvalue weighted by Gasteiger charge is 2.10. The summed E-state index contributed by atoms with van der Waals surface area (Å²) in [6.07, 6.45) is 7.33. The molecule has 1 rings (SSSR count). The molecular weight excluding hydrogens is 260 g/mol. The number of nitrogens with one attached hydrogen (secondary N) is 1. The Hall–Kier alpha value is -1.22. The van der Waals surface area contributed by atoms with Crippen LogP contribution in [-0.4, -0.2) is 12.4 Å². The van der Waals surface area contributed by atoms with Crippen molar-refractivity contribution >= 4 is 17.4 Å². The summed E-state index contributed by atoms with van der Waals surface area (Å²) in [5, 5.41) is 7.99. The van der Waals surface area contributed by atoms with Crippen molar-refractivity contribution in [2.75, 3.05) is 6.61 Å². The van der Waals surface area contributed by atoms with E-state index in [4.69, 9.17) is 27.5 Å². The van der Waals surface area contributed by atoms with Crippen LogP contribution in [0.5, 0.6) is 5.75 Å². The lowest BCUT2D eigenvalue weighted by molar-refractivity contribution is 0.304. The molecule has 0 aliphatic carbocycles. The second-order valence-electron chi connectivity index (χ2n) is 4.64. The van der Waals surface area contributed by atoms with Gasteiger partial charge in [-0.05, 0) is 18.6 Å². The number of hydrogen-bond donors (Lipinski definition) is 2. The normalized spacial score (nSPS) is 10.4. The molecule has 0 saturated carbocycles. The van der Waals surface area contributed by atoms with E-state index in [0.717, 1.165) is 6.42 Å². The van der Waals surface area contributed by atoms with E-state index in [1.165, 1.54) is 32.1 Å². The average Bonchev–Trinajstić information content (AvgIpc) is 2.37. The van der Waals surface area contributed by atoms with Gasteiger partial charge in [0.1, 0.15) is 11.6 Å². The number of rotatable bonds is 9. The van der Waals surface area contributed by atoms with Gasteiger partial charge in [-0.1, -0.05) is 56.7 Å². The summed E-state index contributed by atoms with van der Waals surface area (Å²) in [5.41, 5.74) is 6.02. The van der Waals surface area contributed by atoms with Crippen molar-refractivity contribution in [3.63, 3.8) is 0 Å². The van der Waals surface area contributed by atoms with Gasteiger partial charge in [0.25, 0.3) is 0 Å². The zero-order valence-corrected chi connectivity index (χ0v) is 12.3. The SMILES string of the molecule is CCCCCCCCOc1cccc(Cl)c1C(=N)N. The molecule has 0 spiro atoms. The smallest absolute Gasteiger partial charge is 0.131 e. The molecule has 0 aliphatic rings. The maximum atomic E-state index is 7.52. The van der Waals surface area contributed by atoms with E-state index in [2.05, 4.69) is 6.92 Å². The van der Waals surface area contributed by atoms with Gasteiger partial charge < -0.3 is 10.5 Å². The molecule has 3 nitrogen and oxygen atoms in total. The van der Waals surface area contributed by atoms with Crippen LogP contribution in [-0.2, 0) is 0 Å². The molecule has 0 radical (unpaired) electrons. The first-order chi connectivity index (χ1) is 9.16. The van der Waals surface area contributed by atoms with Crippen molar-refractivity contribution in [2.45, 2.75) is 45.4 Å². The molecular formula is C15H23ClN2O. The Labute approximate surface area is 120 Å². The lowest BCUT2D eigenvalue weighted by Gasteiger charge is -2.11. The second kappa shape index (κ2) is 8.81. The molecule has 0 heterocycles. The molecule has 0 unspecified atom stereocenters. The van der Waals surface area contributed by atoms with Crippen LogP contribution in [0.1, 0.15) is 51.0 Å². The third kappa shape index (κ3) is 5.52. The lowest BCUT2D eigenvalue weighted by atomic mass is 10.1. The molecule has 1 aromatic carbocycles. The Bertz CT molecular complexity index is 407. The predicted molar refractivity (Wildman–Crippen MR) is 81.3 cm³/mol. The summed E-state index contributed by atoms with van der Waals surface area (Å²) < 4.78 is 5.68. The quantitative estimate of drug-likeness (QED) is 0.401. The Morgan fingerprint density at radius 3 is 2.58 bits per heavy atom. The van der Waals surface area contributed by atoms with Crippen molar-refractivity contribution < 1.29 is 4.74 Å². The number of halogens is 1. The van der Waals surface area contributed by atoms with E-state index in [-0.39, 0.29) is 5.84 Å². The minimum atomic E-state index is -0.0523. The van der Waals surface area contributed by atoms with Crippen molar-refractivity contribution in [1.29, 1.82) is 5.41 Å². The predicted octanol–water partition coefficient (Wildman–Crippen LogP) is 4.36. The van der Waals surface area contributed by atoms with Gasteiger partial charge in [-0.15, -0.1) is 0 Å². The van der Waals surface area contributed by atoms with Crippen LogP contribution in [0.25, 0.3) is 0 Å². The first-order valence-electron chi connectivity index (χ1n) is 6.92. The minimum Gasteiger partial charge on any atom is -0.493 e. The number of hydrogen-bond acceptors (Lipinski definition) is 2. The van der Waals surface area contributed by atoms with Crippen molar-refractivity contribution in [2.24, 2.45) is 5.73 Å². The highest BCUT2D eigenvalue weighted by atomic mass is 35.5. The summed E-state index contributed by atoms with van der Waals surface area (Å²) in [6.45, 7) is 2.86. The molecule has 3 N–H and O–H groups in total. The van der Waals surface area contributed by atoms with Gasteiger partial charge in [0.15, 0.2) is 0 Å². The largest absolute Gasteiger partial charge is 0.493 e. The standard InChI is InChI=1S/C15H23ClN2O/c1-2-3-4-5-6-7-11-19-13-10-8-9-12(16)14(13)15(17)18/h8-10H,2-7,11H2,1H3,(H3,17,18). The number of unbranched alkanes of at least 4 members (excludes halogenated alkanes) is 5. The Balaban J connectivity index is 2.37. The van der Waals surface area contributed by atoms with Crippen LogP contribution in [0.4, 0.5) is 0 Å². The molecule has 0 aromatic heterocycles. The average molecular weight is 283 g/mol. The summed E-state index contributed by atoms with van der Waals surface area (Å²) in [4.78, 5) is 0. The van der Waals surface area contributed by atoms with Crippen molar-refractivity contribution in [3.05, 3.63) is 28.8 Å². The molecule has 19 heavy (non-hydrogen) atoms. The van der Waals surface area contributed by atoms with Gasteiger partial charge in [-0.2, -0.15) is 0 Å². The lowest BCUT2D eigenvalue weighted by Crippen LogP contribution is -2.14. The third-order valence-electron chi connectivity index (χ3n) is 3.00. The van der Waals surface area contributed by atoms with Gasteiger partial charge in [-0.25, -0.2) is 0 Å². The van der Waals surface area contributed by atoms with Crippen molar-refractivity contribution in [3.8, 4) is 5.75 Å². The topological polar surface area (TPSA) is 59.1 Å². The Kier molecular flexibility index (Phi) is 7.34. The van der Waals surface area contributed by atoms with Crippen LogP contribution >= 0.6 is 11.6 Å². The van der Waals surface area contributed by atoms with Crippen LogP contribution in [0.2, 0.25) is 5.02 Å². The van der Waals surface area contributed by atoms with E-state index >= 15 is 0 Å². The van der Waals surface area contributed by atoms with Crippen LogP contribution in [0.3, 0.4) is 0 Å².